The molecule has 0 spiro atoms. The number of piperidine rings is 1. The minimum absolute atomic E-state index is 0.00191. The lowest BCUT2D eigenvalue weighted by Crippen LogP contribution is -2.47. The highest BCUT2D eigenvalue weighted by Crippen LogP contribution is 2.37. The second-order valence-electron chi connectivity index (χ2n) is 12.0. The summed E-state index contributed by atoms with van der Waals surface area (Å²) in [6, 6.07) is 3.16. The largest absolute Gasteiger partial charge is 0.489 e. The predicted octanol–water partition coefficient (Wildman–Crippen LogP) is 5.38. The van der Waals surface area contributed by atoms with E-state index in [0.29, 0.717) is 31.1 Å². The first-order valence-corrected chi connectivity index (χ1v) is 14.7. The van der Waals surface area contributed by atoms with Gasteiger partial charge in [-0.3, -0.25) is 9.59 Å². The fourth-order valence-corrected chi connectivity index (χ4v) is 4.66. The van der Waals surface area contributed by atoms with E-state index in [-0.39, 0.29) is 41.4 Å². The molecule has 1 aliphatic carbocycles. The maximum atomic E-state index is 13.5. The molecule has 2 amide bonds. The second kappa shape index (κ2) is 14.2. The Kier molecular flexibility index (Phi) is 10.7. The Morgan fingerprint density at radius 3 is 2.55 bits per heavy atom. The molecule has 242 valence electrons. The summed E-state index contributed by atoms with van der Waals surface area (Å²) < 4.78 is 47.9. The molecule has 0 unspecified atom stereocenters. The van der Waals surface area contributed by atoms with Crippen LogP contribution in [0, 0.1) is 5.92 Å². The fraction of sp³-hybridized carbons (Fsp3) is 0.600. The lowest BCUT2D eigenvalue weighted by Gasteiger charge is -2.33. The molecule has 0 radical (unpaired) electrons. The second-order valence-corrected chi connectivity index (χ2v) is 12.0. The molecule has 1 aromatic carbocycles. The van der Waals surface area contributed by atoms with E-state index in [1.54, 1.807) is 32.8 Å². The number of rotatable bonds is 12. The van der Waals surface area contributed by atoms with Crippen LogP contribution in [0.5, 0.6) is 11.5 Å². The molecular formula is C30H40F2N4O8. The normalized spacial score (nSPS) is 18.0. The smallest absolute Gasteiger partial charge is 0.408 e. The number of oxazole rings is 1. The van der Waals surface area contributed by atoms with Gasteiger partial charge in [0, 0.05) is 25.6 Å². The van der Waals surface area contributed by atoms with Gasteiger partial charge in [0.1, 0.15) is 5.60 Å². The van der Waals surface area contributed by atoms with Crippen molar-refractivity contribution in [3.05, 3.63) is 29.7 Å². The number of hydroxylamine groups is 2. The Bertz CT molecular complexity index is 1320. The van der Waals surface area contributed by atoms with Gasteiger partial charge in [0.2, 0.25) is 5.89 Å². The van der Waals surface area contributed by atoms with Gasteiger partial charge in [0.05, 0.1) is 18.7 Å². The highest BCUT2D eigenvalue weighted by atomic mass is 19.3. The summed E-state index contributed by atoms with van der Waals surface area (Å²) in [4.78, 5) is 47.3. The van der Waals surface area contributed by atoms with Crippen LogP contribution in [0.4, 0.5) is 13.6 Å². The lowest BCUT2D eigenvalue weighted by molar-refractivity contribution is -0.204. The third-order valence-electron chi connectivity index (χ3n) is 6.89. The van der Waals surface area contributed by atoms with Crippen LogP contribution < -0.4 is 20.1 Å². The van der Waals surface area contributed by atoms with E-state index < -0.39 is 36.2 Å². The van der Waals surface area contributed by atoms with Gasteiger partial charge in [-0.05, 0) is 77.5 Å². The third-order valence-corrected chi connectivity index (χ3v) is 6.89. The first-order valence-electron chi connectivity index (χ1n) is 14.7. The maximum absolute atomic E-state index is 13.5. The molecule has 2 aliphatic rings. The maximum Gasteiger partial charge on any atom is 0.408 e. The van der Waals surface area contributed by atoms with E-state index >= 15 is 0 Å². The zero-order valence-corrected chi connectivity index (χ0v) is 25.6. The predicted molar refractivity (Wildman–Crippen MR) is 153 cm³/mol. The van der Waals surface area contributed by atoms with Crippen molar-refractivity contribution in [3.8, 4) is 23.0 Å². The van der Waals surface area contributed by atoms with E-state index in [1.165, 1.54) is 25.1 Å². The molecule has 1 aromatic heterocycles. The van der Waals surface area contributed by atoms with Crippen molar-refractivity contribution < 1.29 is 46.6 Å². The van der Waals surface area contributed by atoms with Crippen LogP contribution in [0.2, 0.25) is 0 Å². The van der Waals surface area contributed by atoms with Crippen molar-refractivity contribution in [2.24, 2.45) is 5.92 Å². The number of aromatic nitrogens is 1. The first-order chi connectivity index (χ1) is 20.8. The number of ether oxygens (including phenoxy) is 3. The molecule has 44 heavy (non-hydrogen) atoms. The summed E-state index contributed by atoms with van der Waals surface area (Å²) in [6.07, 6.45) is 3.74. The molecule has 1 saturated carbocycles. The van der Waals surface area contributed by atoms with Gasteiger partial charge in [-0.2, -0.15) is 8.78 Å². The molecule has 12 nitrogen and oxygen atoms in total. The summed E-state index contributed by atoms with van der Waals surface area (Å²) in [7, 11) is 0. The van der Waals surface area contributed by atoms with Gasteiger partial charge in [-0.1, -0.05) is 6.42 Å². The SMILES string of the molecule is CC(=O)ON1CCCC[C@H]1CNC(=O)c1nc(-c2ccc(OC(F)F)c(OCC3CC3)c2)oc1[C@H](C)NC(=O)OC(C)(C)C. The van der Waals surface area contributed by atoms with E-state index in [2.05, 4.69) is 20.4 Å². The summed E-state index contributed by atoms with van der Waals surface area (Å²) >= 11 is 0. The molecule has 14 heteroatoms. The van der Waals surface area contributed by atoms with Crippen LogP contribution >= 0.6 is 0 Å². The average Bonchev–Trinajstić information content (AvgIpc) is 3.65. The van der Waals surface area contributed by atoms with Gasteiger partial charge in [0.25, 0.3) is 5.91 Å². The monoisotopic (exact) mass is 622 g/mol. The first kappa shape index (κ1) is 33.0. The number of hydrogen-bond donors (Lipinski definition) is 2. The zero-order chi connectivity index (χ0) is 32.0. The molecule has 2 N–H and O–H groups in total. The number of nitrogens with one attached hydrogen (secondary N) is 2. The van der Waals surface area contributed by atoms with Crippen LogP contribution in [-0.4, -0.2) is 66.0 Å². The van der Waals surface area contributed by atoms with Gasteiger partial charge in [-0.15, -0.1) is 5.06 Å². The molecule has 2 heterocycles. The summed E-state index contributed by atoms with van der Waals surface area (Å²) in [6.45, 7) is 6.10. The van der Waals surface area contributed by atoms with Gasteiger partial charge in [0.15, 0.2) is 23.0 Å². The minimum Gasteiger partial charge on any atom is -0.489 e. The fourth-order valence-electron chi connectivity index (χ4n) is 4.66. The Morgan fingerprint density at radius 2 is 1.89 bits per heavy atom. The van der Waals surface area contributed by atoms with Gasteiger partial charge >= 0.3 is 18.7 Å². The van der Waals surface area contributed by atoms with E-state index in [1.807, 2.05) is 0 Å². The molecule has 2 atom stereocenters. The van der Waals surface area contributed by atoms with Crippen molar-refractivity contribution in [3.63, 3.8) is 0 Å². The van der Waals surface area contributed by atoms with Crippen LogP contribution in [0.1, 0.15) is 89.0 Å². The number of nitrogens with zero attached hydrogens (tertiary/aromatic N) is 2. The number of alkyl carbamates (subject to hydrolysis) is 1. The number of halogens is 2. The van der Waals surface area contributed by atoms with Crippen molar-refractivity contribution in [1.82, 2.24) is 20.7 Å². The van der Waals surface area contributed by atoms with Crippen LogP contribution in [-0.2, 0) is 14.4 Å². The summed E-state index contributed by atoms with van der Waals surface area (Å²) in [5.41, 5.74) is -0.509. The third kappa shape index (κ3) is 9.53. The Morgan fingerprint density at radius 1 is 1.14 bits per heavy atom. The molecule has 0 bridgehead atoms. The topological polar surface area (TPSA) is 141 Å². The number of carbonyl (C=O) groups is 3. The molecule has 1 aliphatic heterocycles. The average molecular weight is 623 g/mol. The van der Waals surface area contributed by atoms with Crippen molar-refractivity contribution in [2.75, 3.05) is 19.7 Å². The molecule has 2 aromatic rings. The van der Waals surface area contributed by atoms with Crippen LogP contribution in [0.3, 0.4) is 0 Å². The minimum atomic E-state index is -3.05. The Balaban J connectivity index is 1.61. The van der Waals surface area contributed by atoms with E-state index in [4.69, 9.17) is 18.7 Å². The molecule has 2 fully saturated rings. The number of amides is 2. The highest BCUT2D eigenvalue weighted by Gasteiger charge is 2.31. The van der Waals surface area contributed by atoms with E-state index in [9.17, 15) is 23.2 Å². The van der Waals surface area contributed by atoms with E-state index in [0.717, 1.165) is 25.7 Å². The van der Waals surface area contributed by atoms with Gasteiger partial charge < -0.3 is 34.1 Å². The van der Waals surface area contributed by atoms with Crippen molar-refractivity contribution in [2.45, 2.75) is 91.0 Å². The van der Waals surface area contributed by atoms with Gasteiger partial charge in [-0.25, -0.2) is 9.78 Å². The highest BCUT2D eigenvalue weighted by molar-refractivity contribution is 5.94. The number of benzene rings is 1. The Hall–Kier alpha value is -3.94. The van der Waals surface area contributed by atoms with Crippen LogP contribution in [0.25, 0.3) is 11.5 Å². The quantitative estimate of drug-likeness (QED) is 0.317. The van der Waals surface area contributed by atoms with Crippen LogP contribution in [0.15, 0.2) is 22.6 Å². The standard InChI is InChI=1S/C30H40F2N4O8/c1-17(34-29(39)43-30(3,4)5)25-24(26(38)33-15-21-8-6-7-13-36(21)44-18(2)37)35-27(42-25)20-11-12-22(41-28(31)32)23(14-20)40-16-19-9-10-19/h11-12,14,17,19,21,28H,6-10,13,15-16H2,1-5H3,(H,33,38)(H,34,39)/t17-,21-/m0/s1. The zero-order valence-electron chi connectivity index (χ0n) is 25.6. The lowest BCUT2D eigenvalue weighted by atomic mass is 10.0. The van der Waals surface area contributed by atoms with Crippen molar-refractivity contribution in [1.29, 1.82) is 0 Å². The number of hydrogen-bond acceptors (Lipinski definition) is 10. The summed E-state index contributed by atoms with van der Waals surface area (Å²) in [5, 5.41) is 7.07. The molecule has 4 rings (SSSR count). The summed E-state index contributed by atoms with van der Waals surface area (Å²) in [5.74, 6) is -0.674. The Labute approximate surface area is 254 Å². The van der Waals surface area contributed by atoms with Crippen molar-refractivity contribution >= 4 is 18.0 Å². The molecular weight excluding hydrogens is 582 g/mol. The number of carbonyl (C=O) groups excluding carboxylic acids is 3. The number of alkyl halides is 2. The molecule has 1 saturated heterocycles.